The standard InChI is InChI=1S/C16H29NO6/c1-11(2)10-22-14(19)12(8-9-13(18)21-7)17(6)15(20)23-16(3,4)5/h11-12H,8-10H2,1-7H3/t12-/m0/s1. The van der Waals surface area contributed by atoms with Crippen LogP contribution in [0.3, 0.4) is 0 Å². The van der Waals surface area contributed by atoms with Crippen LogP contribution >= 0.6 is 0 Å². The highest BCUT2D eigenvalue weighted by Crippen LogP contribution is 2.15. The van der Waals surface area contributed by atoms with E-state index in [1.807, 2.05) is 13.8 Å². The molecule has 0 fully saturated rings. The van der Waals surface area contributed by atoms with E-state index >= 15 is 0 Å². The molecule has 0 N–H and O–H groups in total. The summed E-state index contributed by atoms with van der Waals surface area (Å²) in [6.45, 7) is 9.27. The van der Waals surface area contributed by atoms with Gasteiger partial charge in [-0.25, -0.2) is 9.59 Å². The maximum absolute atomic E-state index is 12.2. The number of carbonyl (C=O) groups excluding carboxylic acids is 3. The average Bonchev–Trinajstić information content (AvgIpc) is 2.42. The molecule has 0 aromatic heterocycles. The van der Waals surface area contributed by atoms with Crippen molar-refractivity contribution in [2.75, 3.05) is 20.8 Å². The summed E-state index contributed by atoms with van der Waals surface area (Å²) in [6.07, 6.45) is -0.529. The van der Waals surface area contributed by atoms with Gasteiger partial charge in [-0.3, -0.25) is 9.69 Å². The highest BCUT2D eigenvalue weighted by molar-refractivity contribution is 5.82. The molecule has 7 nitrogen and oxygen atoms in total. The Hall–Kier alpha value is -1.79. The van der Waals surface area contributed by atoms with Crippen LogP contribution in [0.4, 0.5) is 4.79 Å². The average molecular weight is 331 g/mol. The minimum atomic E-state index is -0.900. The Morgan fingerprint density at radius 1 is 1.13 bits per heavy atom. The van der Waals surface area contributed by atoms with Crippen LogP contribution in [-0.2, 0) is 23.8 Å². The topological polar surface area (TPSA) is 82.1 Å². The molecule has 0 aromatic rings. The maximum atomic E-state index is 12.2. The number of esters is 2. The molecule has 0 aliphatic carbocycles. The minimum absolute atomic E-state index is 0.00504. The van der Waals surface area contributed by atoms with Gasteiger partial charge in [0.25, 0.3) is 0 Å². The lowest BCUT2D eigenvalue weighted by atomic mass is 10.1. The second kappa shape index (κ2) is 9.37. The number of rotatable bonds is 7. The molecule has 0 saturated carbocycles. The van der Waals surface area contributed by atoms with Crippen molar-refractivity contribution in [3.8, 4) is 0 Å². The summed E-state index contributed by atoms with van der Waals surface area (Å²) in [7, 11) is 2.72. The molecular weight excluding hydrogens is 302 g/mol. The fourth-order valence-electron chi connectivity index (χ4n) is 1.63. The number of carbonyl (C=O) groups is 3. The number of ether oxygens (including phenoxy) is 3. The van der Waals surface area contributed by atoms with Crippen molar-refractivity contribution in [2.45, 2.75) is 59.1 Å². The van der Waals surface area contributed by atoms with Crippen molar-refractivity contribution >= 4 is 18.0 Å². The largest absolute Gasteiger partial charge is 0.469 e. The molecule has 0 unspecified atom stereocenters. The van der Waals surface area contributed by atoms with E-state index in [9.17, 15) is 14.4 Å². The normalized spacial score (nSPS) is 12.5. The van der Waals surface area contributed by atoms with Gasteiger partial charge in [-0.05, 0) is 33.1 Å². The van der Waals surface area contributed by atoms with Crippen molar-refractivity contribution in [1.82, 2.24) is 4.90 Å². The zero-order valence-corrected chi connectivity index (χ0v) is 15.2. The third-order valence-electron chi connectivity index (χ3n) is 2.83. The number of methoxy groups -OCH3 is 1. The van der Waals surface area contributed by atoms with Crippen molar-refractivity contribution in [3.63, 3.8) is 0 Å². The molecule has 0 saturated heterocycles. The molecule has 0 aliphatic rings. The van der Waals surface area contributed by atoms with Crippen LogP contribution in [0, 0.1) is 5.92 Å². The number of amides is 1. The molecule has 0 radical (unpaired) electrons. The first kappa shape index (κ1) is 21.2. The molecule has 1 amide bonds. The summed E-state index contributed by atoms with van der Waals surface area (Å²) < 4.78 is 15.0. The summed E-state index contributed by atoms with van der Waals surface area (Å²) in [5.41, 5.74) is -0.680. The predicted molar refractivity (Wildman–Crippen MR) is 84.8 cm³/mol. The molecule has 134 valence electrons. The van der Waals surface area contributed by atoms with Gasteiger partial charge in [-0.1, -0.05) is 13.8 Å². The Balaban J connectivity index is 4.97. The first-order chi connectivity index (χ1) is 10.5. The molecule has 0 rings (SSSR count). The van der Waals surface area contributed by atoms with Gasteiger partial charge in [0.1, 0.15) is 11.6 Å². The van der Waals surface area contributed by atoms with Gasteiger partial charge in [0, 0.05) is 13.5 Å². The third kappa shape index (κ3) is 9.05. The van der Waals surface area contributed by atoms with E-state index in [-0.39, 0.29) is 25.4 Å². The van der Waals surface area contributed by atoms with Gasteiger partial charge in [-0.2, -0.15) is 0 Å². The Morgan fingerprint density at radius 2 is 1.70 bits per heavy atom. The zero-order chi connectivity index (χ0) is 18.2. The van der Waals surface area contributed by atoms with Crippen LogP contribution in [0.5, 0.6) is 0 Å². The van der Waals surface area contributed by atoms with Crippen LogP contribution in [-0.4, -0.2) is 55.3 Å². The fraction of sp³-hybridized carbons (Fsp3) is 0.812. The summed E-state index contributed by atoms with van der Waals surface area (Å²) >= 11 is 0. The molecule has 0 aliphatic heterocycles. The Kier molecular flexibility index (Phi) is 8.64. The van der Waals surface area contributed by atoms with Gasteiger partial charge in [-0.15, -0.1) is 0 Å². The summed E-state index contributed by atoms with van der Waals surface area (Å²) in [4.78, 5) is 36.9. The highest BCUT2D eigenvalue weighted by Gasteiger charge is 2.32. The van der Waals surface area contributed by atoms with Crippen LogP contribution < -0.4 is 0 Å². The maximum Gasteiger partial charge on any atom is 0.410 e. The van der Waals surface area contributed by atoms with Crippen molar-refractivity contribution in [1.29, 1.82) is 0 Å². The summed E-state index contributed by atoms with van der Waals surface area (Å²) in [5, 5.41) is 0. The Bertz CT molecular complexity index is 413. The first-order valence-electron chi connectivity index (χ1n) is 7.67. The van der Waals surface area contributed by atoms with Gasteiger partial charge in [0.2, 0.25) is 0 Å². The first-order valence-corrected chi connectivity index (χ1v) is 7.67. The van der Waals surface area contributed by atoms with E-state index < -0.39 is 29.7 Å². The second-order valence-electron chi connectivity index (χ2n) is 6.75. The third-order valence-corrected chi connectivity index (χ3v) is 2.83. The SMILES string of the molecule is COC(=O)CC[C@@H](C(=O)OCC(C)C)N(C)C(=O)OC(C)(C)C. The number of hydrogen-bond donors (Lipinski definition) is 0. The van der Waals surface area contributed by atoms with Crippen molar-refractivity contribution < 1.29 is 28.6 Å². The molecule has 0 heterocycles. The quantitative estimate of drug-likeness (QED) is 0.526. The van der Waals surface area contributed by atoms with E-state index in [2.05, 4.69) is 4.74 Å². The van der Waals surface area contributed by atoms with Gasteiger partial charge in [0.05, 0.1) is 13.7 Å². The Labute approximate surface area is 138 Å². The van der Waals surface area contributed by atoms with Crippen LogP contribution in [0.25, 0.3) is 0 Å². The Morgan fingerprint density at radius 3 is 2.13 bits per heavy atom. The molecule has 0 aromatic carbocycles. The predicted octanol–water partition coefficient (Wildman–Crippen LogP) is 2.37. The van der Waals surface area contributed by atoms with E-state index in [0.717, 1.165) is 4.90 Å². The van der Waals surface area contributed by atoms with E-state index in [1.165, 1.54) is 14.2 Å². The molecule has 1 atom stereocenters. The van der Waals surface area contributed by atoms with Crippen molar-refractivity contribution in [2.24, 2.45) is 5.92 Å². The highest BCUT2D eigenvalue weighted by atomic mass is 16.6. The van der Waals surface area contributed by atoms with Gasteiger partial charge in [0.15, 0.2) is 0 Å². The monoisotopic (exact) mass is 331 g/mol. The van der Waals surface area contributed by atoms with E-state index in [0.29, 0.717) is 0 Å². The fourth-order valence-corrected chi connectivity index (χ4v) is 1.63. The lowest BCUT2D eigenvalue weighted by molar-refractivity contribution is -0.151. The van der Waals surface area contributed by atoms with Gasteiger partial charge < -0.3 is 14.2 Å². The molecule has 0 spiro atoms. The van der Waals surface area contributed by atoms with E-state index in [1.54, 1.807) is 20.8 Å². The summed E-state index contributed by atoms with van der Waals surface area (Å²) in [6, 6.07) is -0.900. The van der Waals surface area contributed by atoms with Crippen LogP contribution in [0.15, 0.2) is 0 Å². The lowest BCUT2D eigenvalue weighted by Crippen LogP contribution is -2.46. The number of nitrogens with zero attached hydrogens (tertiary/aromatic N) is 1. The summed E-state index contributed by atoms with van der Waals surface area (Å²) in [5.74, 6) is -0.841. The zero-order valence-electron chi connectivity index (χ0n) is 15.2. The molecule has 7 heteroatoms. The molecule has 23 heavy (non-hydrogen) atoms. The van der Waals surface area contributed by atoms with Crippen LogP contribution in [0.2, 0.25) is 0 Å². The lowest BCUT2D eigenvalue weighted by Gasteiger charge is -2.29. The van der Waals surface area contributed by atoms with E-state index in [4.69, 9.17) is 9.47 Å². The van der Waals surface area contributed by atoms with Gasteiger partial charge >= 0.3 is 18.0 Å². The van der Waals surface area contributed by atoms with Crippen molar-refractivity contribution in [3.05, 3.63) is 0 Å². The number of hydrogen-bond acceptors (Lipinski definition) is 6. The second-order valence-corrected chi connectivity index (χ2v) is 6.75. The van der Waals surface area contributed by atoms with Crippen LogP contribution in [0.1, 0.15) is 47.5 Å². The number of likely N-dealkylation sites (N-methyl/N-ethyl adjacent to an activating group) is 1. The molecule has 0 bridgehead atoms. The molecular formula is C16H29NO6. The smallest absolute Gasteiger partial charge is 0.410 e. The minimum Gasteiger partial charge on any atom is -0.469 e.